The number of aliphatic carboxylic acids is 1. The molecule has 0 unspecified atom stereocenters. The minimum Gasteiger partial charge on any atom is -0.479 e. The summed E-state index contributed by atoms with van der Waals surface area (Å²) in [6.45, 7) is 3.90. The Bertz CT molecular complexity index is 512. The van der Waals surface area contributed by atoms with Crippen molar-refractivity contribution in [2.24, 2.45) is 0 Å². The number of carbonyl (C=O) groups excluding carboxylic acids is 1. The molecule has 2 N–H and O–H groups in total. The van der Waals surface area contributed by atoms with Crippen molar-refractivity contribution < 1.29 is 19.4 Å². The van der Waals surface area contributed by atoms with Gasteiger partial charge in [0.15, 0.2) is 6.10 Å². The van der Waals surface area contributed by atoms with Crippen LogP contribution >= 0.6 is 0 Å². The van der Waals surface area contributed by atoms with Crippen LogP contribution in [0.15, 0.2) is 18.2 Å². The third-order valence-corrected chi connectivity index (χ3v) is 3.45. The van der Waals surface area contributed by atoms with Crippen molar-refractivity contribution in [3.8, 4) is 0 Å². The summed E-state index contributed by atoms with van der Waals surface area (Å²) in [4.78, 5) is 22.8. The molecule has 0 radical (unpaired) electrons. The van der Waals surface area contributed by atoms with E-state index in [0.717, 1.165) is 16.8 Å². The number of hydrogen-bond donors (Lipinski definition) is 2. The van der Waals surface area contributed by atoms with Crippen molar-refractivity contribution in [2.75, 3.05) is 5.32 Å². The number of rotatable bonds is 3. The molecule has 0 aromatic heterocycles. The second kappa shape index (κ2) is 5.40. The lowest BCUT2D eigenvalue weighted by Gasteiger charge is -2.14. The van der Waals surface area contributed by atoms with Crippen molar-refractivity contribution in [3.63, 3.8) is 0 Å². The number of anilines is 1. The first-order chi connectivity index (χ1) is 8.99. The van der Waals surface area contributed by atoms with Gasteiger partial charge in [0, 0.05) is 5.69 Å². The van der Waals surface area contributed by atoms with E-state index >= 15 is 0 Å². The van der Waals surface area contributed by atoms with Crippen molar-refractivity contribution in [3.05, 3.63) is 29.3 Å². The first-order valence-electron chi connectivity index (χ1n) is 6.24. The summed E-state index contributed by atoms with van der Waals surface area (Å²) < 4.78 is 5.22. The second-order valence-corrected chi connectivity index (χ2v) is 4.77. The van der Waals surface area contributed by atoms with Crippen LogP contribution in [-0.2, 0) is 14.3 Å². The molecule has 0 spiro atoms. The van der Waals surface area contributed by atoms with Crippen molar-refractivity contribution in [1.29, 1.82) is 0 Å². The zero-order valence-corrected chi connectivity index (χ0v) is 11.0. The van der Waals surface area contributed by atoms with Crippen LogP contribution in [0.1, 0.15) is 24.0 Å². The predicted octanol–water partition coefficient (Wildman–Crippen LogP) is 1.87. The van der Waals surface area contributed by atoms with Gasteiger partial charge in [0.1, 0.15) is 6.10 Å². The van der Waals surface area contributed by atoms with Crippen molar-refractivity contribution in [1.82, 2.24) is 0 Å². The van der Waals surface area contributed by atoms with Crippen LogP contribution in [0, 0.1) is 13.8 Å². The zero-order valence-electron chi connectivity index (χ0n) is 11.0. The fourth-order valence-corrected chi connectivity index (χ4v) is 2.11. The van der Waals surface area contributed by atoms with Gasteiger partial charge in [0.05, 0.1) is 0 Å². The molecule has 1 amide bonds. The highest BCUT2D eigenvalue weighted by molar-refractivity contribution is 5.95. The molecule has 1 aliphatic rings. The van der Waals surface area contributed by atoms with E-state index in [2.05, 4.69) is 5.32 Å². The van der Waals surface area contributed by atoms with Crippen molar-refractivity contribution in [2.45, 2.75) is 38.9 Å². The summed E-state index contributed by atoms with van der Waals surface area (Å²) >= 11 is 0. The van der Waals surface area contributed by atoms with E-state index in [9.17, 15) is 9.59 Å². The van der Waals surface area contributed by atoms with Crippen LogP contribution in [0.5, 0.6) is 0 Å². The Morgan fingerprint density at radius 2 is 1.95 bits per heavy atom. The number of carboxylic acids is 1. The van der Waals surface area contributed by atoms with Crippen LogP contribution in [0.3, 0.4) is 0 Å². The van der Waals surface area contributed by atoms with Crippen LogP contribution in [0.25, 0.3) is 0 Å². The standard InChI is InChI=1S/C14H17NO4/c1-8-4-3-5-10(9(8)2)15-13(16)11-6-7-12(19-11)14(17)18/h3-5,11-12H,6-7H2,1-2H3,(H,15,16)(H,17,18)/t11-,12+/m0/s1. The fourth-order valence-electron chi connectivity index (χ4n) is 2.11. The molecule has 0 saturated carbocycles. The molecule has 5 nitrogen and oxygen atoms in total. The van der Waals surface area contributed by atoms with Gasteiger partial charge in [-0.05, 0) is 43.9 Å². The van der Waals surface area contributed by atoms with Gasteiger partial charge in [0.2, 0.25) is 0 Å². The average Bonchev–Trinajstić information content (AvgIpc) is 2.84. The van der Waals surface area contributed by atoms with Crippen molar-refractivity contribution >= 4 is 17.6 Å². The Labute approximate surface area is 111 Å². The Balaban J connectivity index is 2.02. The number of amides is 1. The van der Waals surface area contributed by atoms with Gasteiger partial charge < -0.3 is 15.2 Å². The van der Waals surface area contributed by atoms with E-state index in [1.807, 2.05) is 32.0 Å². The van der Waals surface area contributed by atoms with Gasteiger partial charge in [-0.2, -0.15) is 0 Å². The first-order valence-corrected chi connectivity index (χ1v) is 6.24. The Morgan fingerprint density at radius 3 is 2.58 bits per heavy atom. The van der Waals surface area contributed by atoms with Gasteiger partial charge in [-0.3, -0.25) is 4.79 Å². The minimum absolute atomic E-state index is 0.280. The quantitative estimate of drug-likeness (QED) is 0.873. The molecule has 1 aromatic rings. The summed E-state index contributed by atoms with van der Waals surface area (Å²) in [5, 5.41) is 11.6. The lowest BCUT2D eigenvalue weighted by molar-refractivity contribution is -0.150. The molecule has 0 aliphatic carbocycles. The molecular formula is C14H17NO4. The predicted molar refractivity (Wildman–Crippen MR) is 70.1 cm³/mol. The zero-order chi connectivity index (χ0) is 14.0. The monoisotopic (exact) mass is 263 g/mol. The van der Waals surface area contributed by atoms with E-state index < -0.39 is 18.2 Å². The number of hydrogen-bond acceptors (Lipinski definition) is 3. The lowest BCUT2D eigenvalue weighted by Crippen LogP contribution is -2.30. The number of carbonyl (C=O) groups is 2. The number of nitrogens with one attached hydrogen (secondary N) is 1. The highest BCUT2D eigenvalue weighted by Crippen LogP contribution is 2.23. The SMILES string of the molecule is Cc1cccc(NC(=O)[C@@H]2CC[C@H](C(=O)O)O2)c1C. The summed E-state index contributed by atoms with van der Waals surface area (Å²) in [5.74, 6) is -1.29. The number of ether oxygens (including phenoxy) is 1. The molecule has 1 saturated heterocycles. The molecule has 1 fully saturated rings. The molecule has 1 aromatic carbocycles. The normalized spacial score (nSPS) is 22.2. The third kappa shape index (κ3) is 2.93. The maximum absolute atomic E-state index is 12.0. The van der Waals surface area contributed by atoms with Gasteiger partial charge in [-0.1, -0.05) is 12.1 Å². The molecule has 102 valence electrons. The third-order valence-electron chi connectivity index (χ3n) is 3.45. The molecule has 2 atom stereocenters. The van der Waals surface area contributed by atoms with E-state index in [4.69, 9.17) is 9.84 Å². The Morgan fingerprint density at radius 1 is 1.26 bits per heavy atom. The minimum atomic E-state index is -1.01. The summed E-state index contributed by atoms with van der Waals surface area (Å²) in [5.41, 5.74) is 2.84. The number of aryl methyl sites for hydroxylation is 1. The summed E-state index contributed by atoms with van der Waals surface area (Å²) in [7, 11) is 0. The molecule has 1 heterocycles. The number of benzene rings is 1. The Kier molecular flexibility index (Phi) is 3.85. The summed E-state index contributed by atoms with van der Waals surface area (Å²) in [6, 6.07) is 5.66. The van der Waals surface area contributed by atoms with E-state index in [1.165, 1.54) is 0 Å². The van der Waals surface area contributed by atoms with Crippen LogP contribution in [0.2, 0.25) is 0 Å². The smallest absolute Gasteiger partial charge is 0.332 e. The lowest BCUT2D eigenvalue weighted by atomic mass is 10.1. The van der Waals surface area contributed by atoms with Gasteiger partial charge in [-0.25, -0.2) is 4.79 Å². The van der Waals surface area contributed by atoms with Gasteiger partial charge in [-0.15, -0.1) is 0 Å². The van der Waals surface area contributed by atoms with Gasteiger partial charge in [0.25, 0.3) is 5.91 Å². The highest BCUT2D eigenvalue weighted by Gasteiger charge is 2.34. The molecule has 1 aliphatic heterocycles. The molecule has 5 heteroatoms. The van der Waals surface area contributed by atoms with E-state index in [-0.39, 0.29) is 5.91 Å². The molecule has 0 bridgehead atoms. The highest BCUT2D eigenvalue weighted by atomic mass is 16.5. The van der Waals surface area contributed by atoms with E-state index in [1.54, 1.807) is 0 Å². The maximum atomic E-state index is 12.0. The molecular weight excluding hydrogens is 246 g/mol. The Hall–Kier alpha value is -1.88. The average molecular weight is 263 g/mol. The molecule has 19 heavy (non-hydrogen) atoms. The van der Waals surface area contributed by atoms with Crippen LogP contribution < -0.4 is 5.32 Å². The first kappa shape index (κ1) is 13.5. The van der Waals surface area contributed by atoms with Gasteiger partial charge >= 0.3 is 5.97 Å². The fraction of sp³-hybridized carbons (Fsp3) is 0.429. The maximum Gasteiger partial charge on any atom is 0.332 e. The molecule has 2 rings (SSSR count). The number of carboxylic acid groups (broad SMARTS) is 1. The van der Waals surface area contributed by atoms with Crippen LogP contribution in [0.4, 0.5) is 5.69 Å². The topological polar surface area (TPSA) is 75.6 Å². The largest absolute Gasteiger partial charge is 0.479 e. The summed E-state index contributed by atoms with van der Waals surface area (Å²) in [6.07, 6.45) is -0.733. The van der Waals surface area contributed by atoms with Crippen LogP contribution in [-0.4, -0.2) is 29.2 Å². The van der Waals surface area contributed by atoms with E-state index in [0.29, 0.717) is 12.8 Å². The second-order valence-electron chi connectivity index (χ2n) is 4.77.